The molecule has 34 heavy (non-hydrogen) atoms. The molecule has 0 aliphatic carbocycles. The molecule has 0 saturated carbocycles. The third-order valence-electron chi connectivity index (χ3n) is 5.31. The number of aliphatic hydroxyl groups excluding tert-OH is 1. The van der Waals surface area contributed by atoms with Crippen LogP contribution in [0, 0.1) is 23.0 Å². The molecular weight excluding hydrogens is 446 g/mol. The summed E-state index contributed by atoms with van der Waals surface area (Å²) in [5.74, 6) is -1.46. The Hall–Kier alpha value is -4.10. The van der Waals surface area contributed by atoms with E-state index in [-0.39, 0.29) is 29.3 Å². The second-order valence-electron chi connectivity index (χ2n) is 7.63. The van der Waals surface area contributed by atoms with Crippen molar-refractivity contribution in [3.05, 3.63) is 66.1 Å². The minimum Gasteiger partial charge on any atom is -0.490 e. The van der Waals surface area contributed by atoms with Gasteiger partial charge in [0.25, 0.3) is 0 Å². The normalized spacial score (nSPS) is 13.9. The molecule has 3 aromatic rings. The number of carbonyl (C=O) groups is 1. The molecule has 1 aliphatic rings. The number of nitriles is 1. The number of aliphatic hydroxyl groups is 1. The van der Waals surface area contributed by atoms with E-state index >= 15 is 0 Å². The van der Waals surface area contributed by atoms with E-state index in [1.165, 1.54) is 30.6 Å². The number of likely N-dealkylation sites (tertiary alicyclic amines) is 1. The summed E-state index contributed by atoms with van der Waals surface area (Å²) in [7, 11) is 0. The number of carbonyl (C=O) groups excluding carboxylic acids is 1. The molecule has 8 nitrogen and oxygen atoms in total. The molecule has 3 heterocycles. The number of rotatable bonds is 6. The predicted molar refractivity (Wildman–Crippen MR) is 116 cm³/mol. The zero-order chi connectivity index (χ0) is 24.1. The first-order chi connectivity index (χ1) is 16.4. The van der Waals surface area contributed by atoms with Gasteiger partial charge >= 0.3 is 0 Å². The lowest BCUT2D eigenvalue weighted by atomic mass is 10.1. The Morgan fingerprint density at radius 3 is 2.59 bits per heavy atom. The van der Waals surface area contributed by atoms with Crippen LogP contribution in [0.15, 0.2) is 48.8 Å². The zero-order valence-electron chi connectivity index (χ0n) is 17.9. The van der Waals surface area contributed by atoms with Crippen molar-refractivity contribution in [3.63, 3.8) is 0 Å². The third-order valence-corrected chi connectivity index (χ3v) is 5.31. The van der Waals surface area contributed by atoms with Crippen molar-refractivity contribution in [2.45, 2.75) is 18.9 Å². The SMILES string of the molecule is N#Cc1cc(OC2CCN(C(=O)CO)CC2)cc(Oc2cncc(-c3ccc(F)c(F)c3)c2)n1. The van der Waals surface area contributed by atoms with Gasteiger partial charge in [-0.05, 0) is 23.8 Å². The quantitative estimate of drug-likeness (QED) is 0.593. The first kappa shape index (κ1) is 23.1. The number of hydrogen-bond donors (Lipinski definition) is 1. The van der Waals surface area contributed by atoms with Crippen LogP contribution in [0.2, 0.25) is 0 Å². The molecule has 174 valence electrons. The zero-order valence-corrected chi connectivity index (χ0v) is 17.9. The van der Waals surface area contributed by atoms with Gasteiger partial charge in [0.15, 0.2) is 11.6 Å². The van der Waals surface area contributed by atoms with Gasteiger partial charge in [-0.2, -0.15) is 5.26 Å². The highest BCUT2D eigenvalue weighted by molar-refractivity contribution is 5.77. The Labute approximate surface area is 194 Å². The maximum absolute atomic E-state index is 13.6. The third kappa shape index (κ3) is 5.44. The van der Waals surface area contributed by atoms with Gasteiger partial charge in [-0.25, -0.2) is 13.8 Å². The van der Waals surface area contributed by atoms with Gasteiger partial charge in [0.2, 0.25) is 11.8 Å². The van der Waals surface area contributed by atoms with E-state index in [2.05, 4.69) is 9.97 Å². The standard InChI is InChI=1S/C24H20F2N4O4/c25-21-2-1-15(8-22(21)26)16-7-20(13-28-12-16)34-23-10-19(9-17(11-27)29-23)33-18-3-5-30(6-4-18)24(32)14-31/h1-2,7-10,12-13,18,31H,3-6,14H2. The number of amides is 1. The van der Waals surface area contributed by atoms with Crippen molar-refractivity contribution >= 4 is 5.91 Å². The maximum atomic E-state index is 13.6. The van der Waals surface area contributed by atoms with Crippen LogP contribution in [-0.4, -0.2) is 51.7 Å². The smallest absolute Gasteiger partial charge is 0.248 e. The second kappa shape index (κ2) is 10.2. The summed E-state index contributed by atoms with van der Waals surface area (Å²) in [5, 5.41) is 18.3. The highest BCUT2D eigenvalue weighted by atomic mass is 19.2. The van der Waals surface area contributed by atoms with Crippen molar-refractivity contribution in [1.29, 1.82) is 5.26 Å². The van der Waals surface area contributed by atoms with Crippen LogP contribution in [0.1, 0.15) is 18.5 Å². The fourth-order valence-electron chi connectivity index (χ4n) is 3.60. The van der Waals surface area contributed by atoms with Crippen LogP contribution in [0.5, 0.6) is 17.4 Å². The summed E-state index contributed by atoms with van der Waals surface area (Å²) >= 11 is 0. The van der Waals surface area contributed by atoms with Crippen molar-refractivity contribution in [1.82, 2.24) is 14.9 Å². The summed E-state index contributed by atoms with van der Waals surface area (Å²) in [6.07, 6.45) is 3.89. The van der Waals surface area contributed by atoms with Crippen molar-refractivity contribution in [3.8, 4) is 34.6 Å². The number of halogens is 2. The number of piperidine rings is 1. The Bertz CT molecular complexity index is 1240. The number of benzene rings is 1. The fourth-order valence-corrected chi connectivity index (χ4v) is 3.60. The van der Waals surface area contributed by atoms with Crippen molar-refractivity contribution in [2.75, 3.05) is 19.7 Å². The molecule has 1 amide bonds. The van der Waals surface area contributed by atoms with E-state index in [9.17, 15) is 18.8 Å². The first-order valence-electron chi connectivity index (χ1n) is 10.5. The Kier molecular flexibility index (Phi) is 6.94. The van der Waals surface area contributed by atoms with Gasteiger partial charge in [0, 0.05) is 49.8 Å². The van der Waals surface area contributed by atoms with Crippen LogP contribution in [0.3, 0.4) is 0 Å². The molecule has 0 spiro atoms. The van der Waals surface area contributed by atoms with Crippen LogP contribution in [0.25, 0.3) is 11.1 Å². The lowest BCUT2D eigenvalue weighted by Crippen LogP contribution is -2.42. The highest BCUT2D eigenvalue weighted by Crippen LogP contribution is 2.29. The molecule has 10 heteroatoms. The van der Waals surface area contributed by atoms with E-state index in [1.807, 2.05) is 6.07 Å². The molecular formula is C24H20F2N4O4. The molecule has 1 aliphatic heterocycles. The van der Waals surface area contributed by atoms with E-state index in [4.69, 9.17) is 14.6 Å². The number of aromatic nitrogens is 2. The molecule has 1 aromatic carbocycles. The highest BCUT2D eigenvalue weighted by Gasteiger charge is 2.24. The van der Waals surface area contributed by atoms with Gasteiger partial charge in [-0.1, -0.05) is 6.07 Å². The summed E-state index contributed by atoms with van der Waals surface area (Å²) in [5.41, 5.74) is 1.02. The lowest BCUT2D eigenvalue weighted by molar-refractivity contribution is -0.135. The number of hydrogen-bond acceptors (Lipinski definition) is 7. The number of pyridine rings is 2. The van der Waals surface area contributed by atoms with E-state index < -0.39 is 18.2 Å². The summed E-state index contributed by atoms with van der Waals surface area (Å²) in [6.45, 7) is 0.409. The Balaban J connectivity index is 1.49. The fraction of sp³-hybridized carbons (Fsp3) is 0.250. The number of nitrogens with zero attached hydrogens (tertiary/aromatic N) is 4. The molecule has 1 N–H and O–H groups in total. The maximum Gasteiger partial charge on any atom is 0.248 e. The Morgan fingerprint density at radius 1 is 1.09 bits per heavy atom. The monoisotopic (exact) mass is 466 g/mol. The van der Waals surface area contributed by atoms with Crippen molar-refractivity contribution < 1.29 is 28.2 Å². The predicted octanol–water partition coefficient (Wildman–Crippen LogP) is 3.45. The molecule has 0 atom stereocenters. The average Bonchev–Trinajstić information content (AvgIpc) is 2.85. The van der Waals surface area contributed by atoms with Crippen molar-refractivity contribution in [2.24, 2.45) is 0 Å². The minimum atomic E-state index is -0.972. The molecule has 2 aromatic heterocycles. The van der Waals surface area contributed by atoms with Gasteiger partial charge in [-0.3, -0.25) is 9.78 Å². The first-order valence-corrected chi connectivity index (χ1v) is 10.5. The molecule has 1 saturated heterocycles. The molecule has 0 unspecified atom stereocenters. The molecule has 1 fully saturated rings. The second-order valence-corrected chi connectivity index (χ2v) is 7.63. The van der Waals surface area contributed by atoms with E-state index in [0.717, 1.165) is 12.1 Å². The topological polar surface area (TPSA) is 109 Å². The van der Waals surface area contributed by atoms with Crippen LogP contribution >= 0.6 is 0 Å². The Morgan fingerprint density at radius 2 is 1.88 bits per heavy atom. The molecule has 0 bridgehead atoms. The van der Waals surface area contributed by atoms with E-state index in [1.54, 1.807) is 11.0 Å². The minimum absolute atomic E-state index is 0.0881. The molecule has 4 rings (SSSR count). The van der Waals surface area contributed by atoms with Crippen LogP contribution in [-0.2, 0) is 4.79 Å². The summed E-state index contributed by atoms with van der Waals surface area (Å²) in [6, 6.07) is 10.1. The summed E-state index contributed by atoms with van der Waals surface area (Å²) < 4.78 is 38.6. The van der Waals surface area contributed by atoms with Gasteiger partial charge in [0.05, 0.1) is 6.20 Å². The number of ether oxygens (including phenoxy) is 2. The van der Waals surface area contributed by atoms with Gasteiger partial charge < -0.3 is 19.5 Å². The van der Waals surface area contributed by atoms with E-state index in [0.29, 0.717) is 42.8 Å². The van der Waals surface area contributed by atoms with Gasteiger partial charge in [-0.15, -0.1) is 0 Å². The lowest BCUT2D eigenvalue weighted by Gasteiger charge is -2.31. The molecule has 0 radical (unpaired) electrons. The van der Waals surface area contributed by atoms with Crippen LogP contribution < -0.4 is 9.47 Å². The largest absolute Gasteiger partial charge is 0.490 e. The average molecular weight is 466 g/mol. The van der Waals surface area contributed by atoms with Gasteiger partial charge in [0.1, 0.15) is 36.0 Å². The summed E-state index contributed by atoms with van der Waals surface area (Å²) in [4.78, 5) is 21.4. The van der Waals surface area contributed by atoms with Crippen LogP contribution in [0.4, 0.5) is 8.78 Å².